The summed E-state index contributed by atoms with van der Waals surface area (Å²) in [4.78, 5) is 26.6. The zero-order valence-corrected chi connectivity index (χ0v) is 15.0. The van der Waals surface area contributed by atoms with Crippen LogP contribution in [0.3, 0.4) is 0 Å². The van der Waals surface area contributed by atoms with Crippen molar-refractivity contribution in [1.29, 1.82) is 0 Å². The number of methoxy groups -OCH3 is 1. The van der Waals surface area contributed by atoms with Gasteiger partial charge in [-0.05, 0) is 23.3 Å². The van der Waals surface area contributed by atoms with E-state index in [-0.39, 0.29) is 31.5 Å². The van der Waals surface area contributed by atoms with Crippen molar-refractivity contribution in [2.45, 2.75) is 19.5 Å². The minimum atomic E-state index is -0.776. The molecule has 0 saturated heterocycles. The van der Waals surface area contributed by atoms with Gasteiger partial charge in [0.2, 0.25) is 11.8 Å². The van der Waals surface area contributed by atoms with Crippen molar-refractivity contribution in [3.05, 3.63) is 65.7 Å². The Balaban J connectivity index is 2.32. The molecule has 2 rings (SSSR count). The van der Waals surface area contributed by atoms with Gasteiger partial charge >= 0.3 is 0 Å². The molecular formula is C20H24N2O4. The molecule has 138 valence electrons. The molecule has 0 saturated carbocycles. The smallest absolute Gasteiger partial charge is 0.247 e. The number of aliphatic hydroxyl groups excluding tert-OH is 1. The number of benzene rings is 2. The van der Waals surface area contributed by atoms with Gasteiger partial charge in [0.05, 0.1) is 13.7 Å². The van der Waals surface area contributed by atoms with Gasteiger partial charge in [0.25, 0.3) is 0 Å². The summed E-state index contributed by atoms with van der Waals surface area (Å²) < 4.78 is 5.15. The van der Waals surface area contributed by atoms with Crippen LogP contribution in [0.5, 0.6) is 5.75 Å². The molecule has 0 aliphatic carbocycles. The van der Waals surface area contributed by atoms with Gasteiger partial charge in [-0.1, -0.05) is 42.5 Å². The first-order valence-corrected chi connectivity index (χ1v) is 8.40. The third-order valence-corrected chi connectivity index (χ3v) is 4.00. The summed E-state index contributed by atoms with van der Waals surface area (Å²) in [6.45, 7) is 1.70. The lowest BCUT2D eigenvalue weighted by Gasteiger charge is -2.30. The summed E-state index contributed by atoms with van der Waals surface area (Å²) in [5, 5.41) is 11.7. The Morgan fingerprint density at radius 2 is 1.77 bits per heavy atom. The van der Waals surface area contributed by atoms with Crippen LogP contribution >= 0.6 is 0 Å². The topological polar surface area (TPSA) is 78.9 Å². The lowest BCUT2D eigenvalue weighted by atomic mass is 10.0. The average Bonchev–Trinajstić information content (AvgIpc) is 2.67. The van der Waals surface area contributed by atoms with Gasteiger partial charge in [-0.3, -0.25) is 9.59 Å². The molecule has 0 spiro atoms. The number of hydrogen-bond acceptors (Lipinski definition) is 4. The SMILES string of the molecule is COc1ccc(CN(C(C)=O)C(C(=O)NCCO)c2ccccc2)cc1. The number of nitrogens with one attached hydrogen (secondary N) is 1. The van der Waals surface area contributed by atoms with Crippen molar-refractivity contribution in [3.8, 4) is 5.75 Å². The number of rotatable bonds is 8. The first kappa shape index (κ1) is 19.5. The van der Waals surface area contributed by atoms with E-state index in [1.54, 1.807) is 7.11 Å². The highest BCUT2D eigenvalue weighted by atomic mass is 16.5. The van der Waals surface area contributed by atoms with E-state index in [2.05, 4.69) is 5.32 Å². The third-order valence-electron chi connectivity index (χ3n) is 4.00. The molecule has 1 atom stereocenters. The van der Waals surface area contributed by atoms with Crippen LogP contribution in [0.1, 0.15) is 24.1 Å². The molecule has 1 unspecified atom stereocenters. The zero-order valence-electron chi connectivity index (χ0n) is 15.0. The van der Waals surface area contributed by atoms with Gasteiger partial charge < -0.3 is 20.1 Å². The number of amides is 2. The highest BCUT2D eigenvalue weighted by Gasteiger charge is 2.29. The quantitative estimate of drug-likeness (QED) is 0.757. The molecule has 0 bridgehead atoms. The summed E-state index contributed by atoms with van der Waals surface area (Å²) in [5.41, 5.74) is 1.60. The van der Waals surface area contributed by atoms with Crippen LogP contribution < -0.4 is 10.1 Å². The Morgan fingerprint density at radius 1 is 1.12 bits per heavy atom. The Morgan fingerprint density at radius 3 is 2.31 bits per heavy atom. The van der Waals surface area contributed by atoms with Crippen LogP contribution in [0.4, 0.5) is 0 Å². The molecule has 2 amide bonds. The maximum absolute atomic E-state index is 12.7. The van der Waals surface area contributed by atoms with Gasteiger partial charge in [0, 0.05) is 20.0 Å². The van der Waals surface area contributed by atoms with Crippen molar-refractivity contribution in [3.63, 3.8) is 0 Å². The van der Waals surface area contributed by atoms with Crippen LogP contribution in [0, 0.1) is 0 Å². The number of carbonyl (C=O) groups is 2. The van der Waals surface area contributed by atoms with Crippen LogP contribution in [0.2, 0.25) is 0 Å². The van der Waals surface area contributed by atoms with E-state index in [0.717, 1.165) is 11.3 Å². The second-order valence-corrected chi connectivity index (χ2v) is 5.82. The highest BCUT2D eigenvalue weighted by Crippen LogP contribution is 2.24. The Kier molecular flexibility index (Phi) is 7.17. The van der Waals surface area contributed by atoms with Crippen LogP contribution in [0.25, 0.3) is 0 Å². The highest BCUT2D eigenvalue weighted by molar-refractivity contribution is 5.88. The van der Waals surface area contributed by atoms with Crippen LogP contribution in [-0.4, -0.2) is 42.1 Å². The molecule has 6 nitrogen and oxygen atoms in total. The summed E-state index contributed by atoms with van der Waals surface area (Å²) in [6, 6.07) is 15.7. The molecule has 0 aromatic heterocycles. The fourth-order valence-electron chi connectivity index (χ4n) is 2.70. The molecule has 0 aliphatic heterocycles. The molecule has 2 aromatic rings. The number of hydrogen-bond donors (Lipinski definition) is 2. The lowest BCUT2D eigenvalue weighted by molar-refractivity contribution is -0.140. The predicted molar refractivity (Wildman–Crippen MR) is 98.5 cm³/mol. The van der Waals surface area contributed by atoms with E-state index in [1.807, 2.05) is 54.6 Å². The fourth-order valence-corrected chi connectivity index (χ4v) is 2.70. The number of aliphatic hydroxyl groups is 1. The summed E-state index contributed by atoms with van der Waals surface area (Å²) >= 11 is 0. The molecule has 6 heteroatoms. The third kappa shape index (κ3) is 5.07. The maximum Gasteiger partial charge on any atom is 0.247 e. The van der Waals surface area contributed by atoms with Gasteiger partial charge in [0.1, 0.15) is 11.8 Å². The molecule has 2 aromatic carbocycles. The fraction of sp³-hybridized carbons (Fsp3) is 0.300. The van der Waals surface area contributed by atoms with E-state index in [0.29, 0.717) is 5.56 Å². The number of ether oxygens (including phenoxy) is 1. The van der Waals surface area contributed by atoms with E-state index >= 15 is 0 Å². The molecule has 0 aliphatic rings. The minimum Gasteiger partial charge on any atom is -0.497 e. The predicted octanol–water partition coefficient (Wildman–Crippen LogP) is 1.89. The Hall–Kier alpha value is -2.86. The second kappa shape index (κ2) is 9.58. The standard InChI is InChI=1S/C20H24N2O4/c1-15(24)22(14-16-8-10-18(26-2)11-9-16)19(20(25)21-12-13-23)17-6-4-3-5-7-17/h3-11,19,23H,12-14H2,1-2H3,(H,21,25). The van der Waals surface area contributed by atoms with Gasteiger partial charge in [-0.15, -0.1) is 0 Å². The summed E-state index contributed by atoms with van der Waals surface area (Å²) in [7, 11) is 1.59. The van der Waals surface area contributed by atoms with Gasteiger partial charge in [-0.25, -0.2) is 0 Å². The second-order valence-electron chi connectivity index (χ2n) is 5.82. The number of nitrogens with zero attached hydrogens (tertiary/aromatic N) is 1. The lowest BCUT2D eigenvalue weighted by Crippen LogP contribution is -2.43. The van der Waals surface area contributed by atoms with E-state index in [1.165, 1.54) is 11.8 Å². The zero-order chi connectivity index (χ0) is 18.9. The van der Waals surface area contributed by atoms with Crippen molar-refractivity contribution < 1.29 is 19.4 Å². The molecule has 0 heterocycles. The molecule has 0 radical (unpaired) electrons. The van der Waals surface area contributed by atoms with E-state index in [4.69, 9.17) is 9.84 Å². The monoisotopic (exact) mass is 356 g/mol. The van der Waals surface area contributed by atoms with E-state index in [9.17, 15) is 9.59 Å². The average molecular weight is 356 g/mol. The van der Waals surface area contributed by atoms with Crippen LogP contribution in [0.15, 0.2) is 54.6 Å². The van der Waals surface area contributed by atoms with Crippen molar-refractivity contribution >= 4 is 11.8 Å². The van der Waals surface area contributed by atoms with E-state index < -0.39 is 6.04 Å². The molecule has 0 fully saturated rings. The van der Waals surface area contributed by atoms with Crippen LogP contribution in [-0.2, 0) is 16.1 Å². The summed E-state index contributed by atoms with van der Waals surface area (Å²) in [5.74, 6) is 0.186. The first-order chi connectivity index (χ1) is 12.6. The van der Waals surface area contributed by atoms with Crippen molar-refractivity contribution in [1.82, 2.24) is 10.2 Å². The largest absolute Gasteiger partial charge is 0.497 e. The normalized spacial score (nSPS) is 11.5. The van der Waals surface area contributed by atoms with Gasteiger partial charge in [-0.2, -0.15) is 0 Å². The molecule has 2 N–H and O–H groups in total. The number of carbonyl (C=O) groups excluding carboxylic acids is 2. The first-order valence-electron chi connectivity index (χ1n) is 8.40. The van der Waals surface area contributed by atoms with Gasteiger partial charge in [0.15, 0.2) is 0 Å². The van der Waals surface area contributed by atoms with Crippen molar-refractivity contribution in [2.24, 2.45) is 0 Å². The molecule has 26 heavy (non-hydrogen) atoms. The maximum atomic E-state index is 12.7. The van der Waals surface area contributed by atoms with Crippen molar-refractivity contribution in [2.75, 3.05) is 20.3 Å². The Labute approximate surface area is 153 Å². The Bertz CT molecular complexity index is 716. The minimum absolute atomic E-state index is 0.135. The summed E-state index contributed by atoms with van der Waals surface area (Å²) in [6.07, 6.45) is 0. The molecular weight excluding hydrogens is 332 g/mol.